The molecule has 2 rings (SSSR count). The number of nitrogens with zero attached hydrogens (tertiary/aromatic N) is 1. The number of nitrogens with two attached hydrogens (primary N) is 1. The van der Waals surface area contributed by atoms with Crippen LogP contribution in [0, 0.1) is 12.8 Å². The zero-order valence-corrected chi connectivity index (χ0v) is 14.9. The van der Waals surface area contributed by atoms with Crippen molar-refractivity contribution in [3.8, 4) is 0 Å². The number of carbonyl (C=O) groups is 1. The van der Waals surface area contributed by atoms with E-state index in [9.17, 15) is 9.90 Å². The zero-order valence-electron chi connectivity index (χ0n) is 14.9. The van der Waals surface area contributed by atoms with Gasteiger partial charge in [0.15, 0.2) is 0 Å². The smallest absolute Gasteiger partial charge is 0.451 e. The number of hydrogen-bond donors (Lipinski definition) is 4. The first-order chi connectivity index (χ1) is 11.8. The molecule has 1 fully saturated rings. The zero-order chi connectivity index (χ0) is 18.4. The van der Waals surface area contributed by atoms with E-state index in [-0.39, 0.29) is 12.2 Å². The van der Waals surface area contributed by atoms with Gasteiger partial charge < -0.3 is 20.9 Å². The molecule has 2 atom stereocenters. The molecule has 0 aliphatic carbocycles. The highest BCUT2D eigenvalue weighted by Gasteiger charge is 2.44. The van der Waals surface area contributed by atoms with Crippen molar-refractivity contribution >= 4 is 13.1 Å². The third kappa shape index (κ3) is 5.54. The number of hydrogen-bond acceptors (Lipinski definition) is 5. The first kappa shape index (κ1) is 19.9. The molecule has 25 heavy (non-hydrogen) atoms. The van der Waals surface area contributed by atoms with Gasteiger partial charge in [-0.15, -0.1) is 0 Å². The van der Waals surface area contributed by atoms with E-state index in [1.807, 2.05) is 0 Å². The standard InChI is InChI=1S/C18H29BN2O4/c1-14-4-6-15(7-5-14)12-21-11-8-16(13-21)18(20,17(22)23)9-2-3-10-19(24)25/h4-7,16,24-25H,2-3,8-13,20H2,1H3,(H,22,23). The second kappa shape index (κ2) is 8.80. The molecule has 1 heterocycles. The number of rotatable bonds is 9. The van der Waals surface area contributed by atoms with Crippen LogP contribution < -0.4 is 5.73 Å². The second-order valence-corrected chi connectivity index (χ2v) is 7.28. The summed E-state index contributed by atoms with van der Waals surface area (Å²) >= 11 is 0. The van der Waals surface area contributed by atoms with Crippen LogP contribution in [-0.2, 0) is 11.3 Å². The molecule has 7 heteroatoms. The van der Waals surface area contributed by atoms with E-state index in [0.29, 0.717) is 25.8 Å². The van der Waals surface area contributed by atoms with Gasteiger partial charge in [-0.25, -0.2) is 0 Å². The number of aryl methyl sites for hydroxylation is 1. The molecule has 2 unspecified atom stereocenters. The molecule has 0 aromatic heterocycles. The van der Waals surface area contributed by atoms with Crippen LogP contribution in [0.2, 0.25) is 6.32 Å². The number of unbranched alkanes of at least 4 members (excludes halogenated alkanes) is 1. The quantitative estimate of drug-likeness (QED) is 0.395. The molecule has 1 aromatic carbocycles. The van der Waals surface area contributed by atoms with E-state index < -0.39 is 18.6 Å². The fourth-order valence-corrected chi connectivity index (χ4v) is 3.58. The van der Waals surface area contributed by atoms with Crippen LogP contribution in [-0.4, -0.2) is 51.8 Å². The van der Waals surface area contributed by atoms with Crippen molar-refractivity contribution in [2.45, 2.75) is 51.0 Å². The number of carboxylic acid groups (broad SMARTS) is 1. The average molecular weight is 348 g/mol. The Kier molecular flexibility index (Phi) is 7.01. The van der Waals surface area contributed by atoms with E-state index in [1.165, 1.54) is 11.1 Å². The molecular formula is C18H29BN2O4. The Morgan fingerprint density at radius 3 is 2.60 bits per heavy atom. The van der Waals surface area contributed by atoms with E-state index in [4.69, 9.17) is 15.8 Å². The topological polar surface area (TPSA) is 107 Å². The second-order valence-electron chi connectivity index (χ2n) is 7.28. The summed E-state index contributed by atoms with van der Waals surface area (Å²) in [5, 5.41) is 27.5. The van der Waals surface area contributed by atoms with Crippen LogP contribution in [0.25, 0.3) is 0 Å². The number of likely N-dealkylation sites (tertiary alicyclic amines) is 1. The highest BCUT2D eigenvalue weighted by Crippen LogP contribution is 2.31. The lowest BCUT2D eigenvalue weighted by Crippen LogP contribution is -2.55. The summed E-state index contributed by atoms with van der Waals surface area (Å²) in [6, 6.07) is 8.39. The van der Waals surface area contributed by atoms with Gasteiger partial charge in [0, 0.05) is 19.0 Å². The minimum atomic E-state index is -1.34. The molecule has 138 valence electrons. The van der Waals surface area contributed by atoms with Crippen molar-refractivity contribution in [3.63, 3.8) is 0 Å². The summed E-state index contributed by atoms with van der Waals surface area (Å²) in [5.41, 5.74) is 7.49. The van der Waals surface area contributed by atoms with Crippen molar-refractivity contribution < 1.29 is 19.9 Å². The Hall–Kier alpha value is -1.41. The van der Waals surface area contributed by atoms with Gasteiger partial charge in [-0.3, -0.25) is 9.69 Å². The SMILES string of the molecule is Cc1ccc(CN2CCC(C(N)(CCCCB(O)O)C(=O)O)C2)cc1. The van der Waals surface area contributed by atoms with Crippen molar-refractivity contribution in [1.82, 2.24) is 4.90 Å². The van der Waals surface area contributed by atoms with Gasteiger partial charge in [-0.1, -0.05) is 42.7 Å². The lowest BCUT2D eigenvalue weighted by atomic mass is 9.77. The highest BCUT2D eigenvalue weighted by molar-refractivity contribution is 6.40. The average Bonchev–Trinajstić information content (AvgIpc) is 3.02. The summed E-state index contributed by atoms with van der Waals surface area (Å²) in [6.07, 6.45) is 2.52. The van der Waals surface area contributed by atoms with Crippen molar-refractivity contribution in [1.29, 1.82) is 0 Å². The Morgan fingerprint density at radius 1 is 1.32 bits per heavy atom. The maximum absolute atomic E-state index is 11.8. The van der Waals surface area contributed by atoms with Crippen LogP contribution in [0.15, 0.2) is 24.3 Å². The summed E-state index contributed by atoms with van der Waals surface area (Å²) in [7, 11) is -1.34. The lowest BCUT2D eigenvalue weighted by Gasteiger charge is -2.31. The van der Waals surface area contributed by atoms with Gasteiger partial charge in [-0.2, -0.15) is 0 Å². The van der Waals surface area contributed by atoms with E-state index in [0.717, 1.165) is 19.5 Å². The normalized spacial score (nSPS) is 20.4. The van der Waals surface area contributed by atoms with E-state index in [2.05, 4.69) is 36.1 Å². The Labute approximate surface area is 149 Å². The summed E-state index contributed by atoms with van der Waals surface area (Å²) in [6.45, 7) is 4.39. The minimum Gasteiger partial charge on any atom is -0.480 e. The maximum atomic E-state index is 11.8. The van der Waals surface area contributed by atoms with Crippen molar-refractivity contribution in [3.05, 3.63) is 35.4 Å². The van der Waals surface area contributed by atoms with E-state index in [1.54, 1.807) is 0 Å². The van der Waals surface area contributed by atoms with Crippen LogP contribution in [0.1, 0.15) is 36.8 Å². The van der Waals surface area contributed by atoms with Crippen LogP contribution in [0.3, 0.4) is 0 Å². The molecule has 0 spiro atoms. The molecule has 1 saturated heterocycles. The third-order valence-corrected chi connectivity index (χ3v) is 5.23. The van der Waals surface area contributed by atoms with Gasteiger partial charge in [0.2, 0.25) is 0 Å². The molecule has 1 aliphatic heterocycles. The predicted octanol–water partition coefficient (Wildman–Crippen LogP) is 1.24. The predicted molar refractivity (Wildman–Crippen MR) is 98.0 cm³/mol. The minimum absolute atomic E-state index is 0.0884. The van der Waals surface area contributed by atoms with Crippen LogP contribution >= 0.6 is 0 Å². The maximum Gasteiger partial charge on any atom is 0.451 e. The third-order valence-electron chi connectivity index (χ3n) is 5.23. The molecule has 0 amide bonds. The van der Waals surface area contributed by atoms with Crippen molar-refractivity contribution in [2.75, 3.05) is 13.1 Å². The van der Waals surface area contributed by atoms with Crippen molar-refractivity contribution in [2.24, 2.45) is 11.7 Å². The Balaban J connectivity index is 1.91. The summed E-state index contributed by atoms with van der Waals surface area (Å²) < 4.78 is 0. The fourth-order valence-electron chi connectivity index (χ4n) is 3.58. The van der Waals surface area contributed by atoms with Gasteiger partial charge >= 0.3 is 13.1 Å². The molecule has 1 aromatic rings. The summed E-state index contributed by atoms with van der Waals surface area (Å²) in [5.74, 6) is -1.05. The Morgan fingerprint density at radius 2 is 2.00 bits per heavy atom. The van der Waals surface area contributed by atoms with E-state index >= 15 is 0 Å². The first-order valence-electron chi connectivity index (χ1n) is 8.97. The fraction of sp³-hybridized carbons (Fsp3) is 0.611. The molecule has 5 N–H and O–H groups in total. The molecule has 0 saturated carbocycles. The van der Waals surface area contributed by atoms with Gasteiger partial charge in [0.1, 0.15) is 5.54 Å². The van der Waals surface area contributed by atoms with Gasteiger partial charge in [0.25, 0.3) is 0 Å². The molecule has 1 aliphatic rings. The molecular weight excluding hydrogens is 319 g/mol. The van der Waals surface area contributed by atoms with Gasteiger partial charge in [0.05, 0.1) is 0 Å². The molecule has 0 radical (unpaired) electrons. The highest BCUT2D eigenvalue weighted by atomic mass is 16.4. The number of benzene rings is 1. The number of aliphatic carboxylic acids is 1. The Bertz CT molecular complexity index is 567. The molecule has 6 nitrogen and oxygen atoms in total. The van der Waals surface area contributed by atoms with Crippen LogP contribution in [0.5, 0.6) is 0 Å². The molecule has 0 bridgehead atoms. The summed E-state index contributed by atoms with van der Waals surface area (Å²) in [4.78, 5) is 14.1. The lowest BCUT2D eigenvalue weighted by molar-refractivity contribution is -0.145. The number of carboxylic acids is 1. The van der Waals surface area contributed by atoms with Crippen LogP contribution in [0.4, 0.5) is 0 Å². The van der Waals surface area contributed by atoms with Gasteiger partial charge in [-0.05, 0) is 38.2 Å². The first-order valence-corrected chi connectivity index (χ1v) is 8.97. The monoisotopic (exact) mass is 348 g/mol. The largest absolute Gasteiger partial charge is 0.480 e.